The highest BCUT2D eigenvalue weighted by Crippen LogP contribution is 2.28. The fourth-order valence-corrected chi connectivity index (χ4v) is 1.96. The topological polar surface area (TPSA) is 58.2 Å². The van der Waals surface area contributed by atoms with E-state index in [4.69, 9.17) is 0 Å². The van der Waals surface area contributed by atoms with Gasteiger partial charge in [-0.1, -0.05) is 0 Å². The molecule has 0 aromatic heterocycles. The molecule has 78 valence electrons. The molecule has 2 saturated carbocycles. The molecule has 2 rings (SSSR count). The van der Waals surface area contributed by atoms with Crippen molar-refractivity contribution in [2.24, 2.45) is 5.92 Å². The van der Waals surface area contributed by atoms with Crippen molar-refractivity contribution in [1.29, 1.82) is 0 Å². The highest BCUT2D eigenvalue weighted by atomic mass is 16.2. The maximum atomic E-state index is 11.6. The van der Waals surface area contributed by atoms with Gasteiger partial charge in [0.1, 0.15) is 0 Å². The van der Waals surface area contributed by atoms with Gasteiger partial charge in [-0.3, -0.25) is 9.59 Å². The summed E-state index contributed by atoms with van der Waals surface area (Å²) in [6.07, 6.45) is 5.99. The van der Waals surface area contributed by atoms with Crippen LogP contribution in [0.25, 0.3) is 0 Å². The Morgan fingerprint density at radius 2 is 2.00 bits per heavy atom. The van der Waals surface area contributed by atoms with Crippen molar-refractivity contribution in [3.63, 3.8) is 0 Å². The van der Waals surface area contributed by atoms with E-state index < -0.39 is 0 Å². The summed E-state index contributed by atoms with van der Waals surface area (Å²) in [5.41, 5.74) is 0. The Hall–Kier alpha value is -1.06. The van der Waals surface area contributed by atoms with Crippen molar-refractivity contribution in [2.75, 3.05) is 0 Å². The van der Waals surface area contributed by atoms with Crippen LogP contribution in [0.1, 0.15) is 32.1 Å². The van der Waals surface area contributed by atoms with Gasteiger partial charge in [0.05, 0.1) is 5.92 Å². The third-order valence-corrected chi connectivity index (χ3v) is 3.34. The summed E-state index contributed by atoms with van der Waals surface area (Å²) < 4.78 is 0. The molecule has 0 spiro atoms. The molecule has 0 saturated heterocycles. The molecule has 0 aromatic rings. The first-order chi connectivity index (χ1) is 6.81. The smallest absolute Gasteiger partial charge is 0.225 e. The molecular formula is C10H16N2O2. The molecule has 2 fully saturated rings. The van der Waals surface area contributed by atoms with Crippen molar-refractivity contribution in [3.05, 3.63) is 0 Å². The molecule has 0 bridgehead atoms. The Balaban J connectivity index is 1.76. The van der Waals surface area contributed by atoms with E-state index in [-0.39, 0.29) is 17.9 Å². The number of hydrogen-bond donors (Lipinski definition) is 2. The van der Waals surface area contributed by atoms with Gasteiger partial charge in [-0.2, -0.15) is 0 Å². The number of hydrogen-bond acceptors (Lipinski definition) is 2. The van der Waals surface area contributed by atoms with Crippen LogP contribution in [0.15, 0.2) is 0 Å². The summed E-state index contributed by atoms with van der Waals surface area (Å²) in [6, 6.07) is 0.479. The van der Waals surface area contributed by atoms with Crippen LogP contribution in [0.4, 0.5) is 0 Å². The first-order valence-corrected chi connectivity index (χ1v) is 5.31. The predicted octanol–water partition coefficient (Wildman–Crippen LogP) is 0.180. The minimum absolute atomic E-state index is 0.0146. The second-order valence-electron chi connectivity index (χ2n) is 4.21. The van der Waals surface area contributed by atoms with Crippen molar-refractivity contribution in [3.8, 4) is 0 Å². The van der Waals surface area contributed by atoms with Crippen molar-refractivity contribution in [2.45, 2.75) is 44.2 Å². The second-order valence-corrected chi connectivity index (χ2v) is 4.21. The Bertz CT molecular complexity index is 238. The van der Waals surface area contributed by atoms with E-state index in [0.29, 0.717) is 12.5 Å². The van der Waals surface area contributed by atoms with E-state index in [1.807, 2.05) is 0 Å². The van der Waals surface area contributed by atoms with Crippen LogP contribution in [0.2, 0.25) is 0 Å². The normalized spacial score (nSPS) is 31.1. The summed E-state index contributed by atoms with van der Waals surface area (Å²) in [7, 11) is 0. The summed E-state index contributed by atoms with van der Waals surface area (Å²) in [5.74, 6) is 0.140. The van der Waals surface area contributed by atoms with E-state index in [9.17, 15) is 9.59 Å². The van der Waals surface area contributed by atoms with Gasteiger partial charge >= 0.3 is 0 Å². The summed E-state index contributed by atoms with van der Waals surface area (Å²) in [6.45, 7) is 0. The molecule has 0 radical (unpaired) electrons. The number of amides is 2. The lowest BCUT2D eigenvalue weighted by Gasteiger charge is -2.37. The van der Waals surface area contributed by atoms with Crippen LogP contribution in [0.5, 0.6) is 0 Å². The van der Waals surface area contributed by atoms with Crippen LogP contribution in [-0.2, 0) is 9.59 Å². The molecule has 2 aliphatic rings. The Kier molecular flexibility index (Phi) is 2.70. The molecule has 4 nitrogen and oxygen atoms in total. The maximum Gasteiger partial charge on any atom is 0.225 e. The molecule has 0 aromatic carbocycles. The molecule has 14 heavy (non-hydrogen) atoms. The summed E-state index contributed by atoms with van der Waals surface area (Å²) in [4.78, 5) is 21.9. The van der Waals surface area contributed by atoms with E-state index in [0.717, 1.165) is 25.7 Å². The average molecular weight is 196 g/mol. The lowest BCUT2D eigenvalue weighted by atomic mass is 9.78. The van der Waals surface area contributed by atoms with E-state index in [1.165, 1.54) is 6.42 Å². The number of carbonyl (C=O) groups is 2. The van der Waals surface area contributed by atoms with Crippen LogP contribution < -0.4 is 10.6 Å². The molecule has 0 aliphatic heterocycles. The van der Waals surface area contributed by atoms with Gasteiger partial charge in [-0.25, -0.2) is 0 Å². The van der Waals surface area contributed by atoms with Crippen LogP contribution in [0, 0.1) is 5.92 Å². The van der Waals surface area contributed by atoms with E-state index in [1.54, 1.807) is 0 Å². The van der Waals surface area contributed by atoms with Gasteiger partial charge in [0.2, 0.25) is 12.3 Å². The molecule has 2 unspecified atom stereocenters. The maximum absolute atomic E-state index is 11.6. The predicted molar refractivity (Wildman–Crippen MR) is 51.5 cm³/mol. The zero-order valence-electron chi connectivity index (χ0n) is 8.16. The van der Waals surface area contributed by atoms with Gasteiger partial charge in [0, 0.05) is 12.1 Å². The zero-order valence-corrected chi connectivity index (χ0v) is 8.16. The monoisotopic (exact) mass is 196 g/mol. The highest BCUT2D eigenvalue weighted by Gasteiger charge is 2.37. The van der Waals surface area contributed by atoms with Gasteiger partial charge < -0.3 is 10.6 Å². The Labute approximate surface area is 83.4 Å². The van der Waals surface area contributed by atoms with Crippen molar-refractivity contribution in [1.82, 2.24) is 10.6 Å². The second kappa shape index (κ2) is 3.98. The zero-order chi connectivity index (χ0) is 9.97. The molecule has 0 heterocycles. The first-order valence-electron chi connectivity index (χ1n) is 5.31. The van der Waals surface area contributed by atoms with Crippen LogP contribution in [0.3, 0.4) is 0 Å². The van der Waals surface area contributed by atoms with Gasteiger partial charge in [0.15, 0.2) is 0 Å². The minimum Gasteiger partial charge on any atom is -0.355 e. The van der Waals surface area contributed by atoms with Gasteiger partial charge in [-0.15, -0.1) is 0 Å². The van der Waals surface area contributed by atoms with Gasteiger partial charge in [0.25, 0.3) is 0 Å². The molecule has 2 N–H and O–H groups in total. The van der Waals surface area contributed by atoms with Crippen LogP contribution in [-0.4, -0.2) is 24.4 Å². The largest absolute Gasteiger partial charge is 0.355 e. The standard InChI is InChI=1S/C10H16N2O2/c13-6-11-9-5-4-8(9)10(14)12-7-2-1-3-7/h6-9H,1-5H2,(H,11,13)(H,12,14). The molecular weight excluding hydrogens is 180 g/mol. The number of rotatable bonds is 4. The van der Waals surface area contributed by atoms with Crippen LogP contribution >= 0.6 is 0 Å². The minimum atomic E-state index is 0.0146. The number of nitrogens with one attached hydrogen (secondary N) is 2. The third kappa shape index (κ3) is 1.74. The third-order valence-electron chi connectivity index (χ3n) is 3.34. The van der Waals surface area contributed by atoms with E-state index in [2.05, 4.69) is 10.6 Å². The molecule has 2 amide bonds. The van der Waals surface area contributed by atoms with Gasteiger partial charge in [-0.05, 0) is 32.1 Å². The molecule has 2 aliphatic carbocycles. The van der Waals surface area contributed by atoms with Crippen molar-refractivity contribution >= 4 is 12.3 Å². The van der Waals surface area contributed by atoms with E-state index >= 15 is 0 Å². The fraction of sp³-hybridized carbons (Fsp3) is 0.800. The quantitative estimate of drug-likeness (QED) is 0.630. The summed E-state index contributed by atoms with van der Waals surface area (Å²) >= 11 is 0. The lowest BCUT2D eigenvalue weighted by molar-refractivity contribution is -0.130. The SMILES string of the molecule is O=CNC1CCC1C(=O)NC1CCC1. The average Bonchev–Trinajstić information content (AvgIpc) is 2.05. The lowest BCUT2D eigenvalue weighted by Crippen LogP contribution is -2.53. The number of carbonyl (C=O) groups excluding carboxylic acids is 2. The fourth-order valence-electron chi connectivity index (χ4n) is 1.96. The Morgan fingerprint density at radius 3 is 2.43 bits per heavy atom. The molecule has 4 heteroatoms. The summed E-state index contributed by atoms with van der Waals surface area (Å²) in [5, 5.41) is 5.69. The highest BCUT2D eigenvalue weighted by molar-refractivity contribution is 5.81. The van der Waals surface area contributed by atoms with Crippen molar-refractivity contribution < 1.29 is 9.59 Å². The first kappa shape index (κ1) is 9.49. The molecule has 2 atom stereocenters. The Morgan fingerprint density at radius 1 is 1.21 bits per heavy atom.